The van der Waals surface area contributed by atoms with E-state index >= 15 is 0 Å². The van der Waals surface area contributed by atoms with Gasteiger partial charge in [0, 0.05) is 25.7 Å². The smallest absolute Gasteiger partial charge is 0.326 e. The van der Waals surface area contributed by atoms with Crippen molar-refractivity contribution in [3.8, 4) is 0 Å². The van der Waals surface area contributed by atoms with E-state index in [4.69, 9.17) is 14.9 Å². The van der Waals surface area contributed by atoms with Gasteiger partial charge in [0.25, 0.3) is 0 Å². The second-order valence-electron chi connectivity index (χ2n) is 10.4. The lowest BCUT2D eigenvalue weighted by atomic mass is 10.0. The Morgan fingerprint density at radius 3 is 1.72 bits per heavy atom. The van der Waals surface area contributed by atoms with Gasteiger partial charge in [-0.05, 0) is 43.6 Å². The first-order chi connectivity index (χ1) is 20.3. The van der Waals surface area contributed by atoms with Gasteiger partial charge < -0.3 is 36.0 Å². The number of aliphatic carboxylic acids is 3. The third-order valence-corrected chi connectivity index (χ3v) is 6.18. The van der Waals surface area contributed by atoms with E-state index in [1.165, 1.54) is 0 Å². The summed E-state index contributed by atoms with van der Waals surface area (Å²) in [4.78, 5) is 84.2. The summed E-state index contributed by atoms with van der Waals surface area (Å²) < 4.78 is 5.18. The molecule has 6 N–H and O–H groups in total. The number of unbranched alkanes of at least 4 members (excludes halogenated alkanes) is 1. The fraction of sp³-hybridized carbons (Fsp3) is 0.552. The minimum Gasteiger partial charge on any atom is -0.481 e. The Balaban J connectivity index is 2.75. The van der Waals surface area contributed by atoms with Gasteiger partial charge in [-0.3, -0.25) is 28.8 Å². The molecular formula is C29H41N3O11. The SMILES string of the molecule is CC(C)CC(NC(=O)C(CCC(=O)O)NC(=O)C(CCC(=O)O)NC(=O)CCCCC(=O)OCc1ccccc1)C(=O)O. The molecule has 0 saturated heterocycles. The second kappa shape index (κ2) is 19.6. The van der Waals surface area contributed by atoms with Gasteiger partial charge in [0.05, 0.1) is 0 Å². The van der Waals surface area contributed by atoms with Crippen LogP contribution in [0.2, 0.25) is 0 Å². The van der Waals surface area contributed by atoms with Crippen molar-refractivity contribution in [2.24, 2.45) is 5.92 Å². The number of rotatable bonds is 21. The van der Waals surface area contributed by atoms with E-state index in [0.29, 0.717) is 6.42 Å². The average Bonchev–Trinajstić information content (AvgIpc) is 2.93. The van der Waals surface area contributed by atoms with Crippen molar-refractivity contribution < 1.29 is 53.6 Å². The molecule has 0 radical (unpaired) electrons. The number of amides is 3. The van der Waals surface area contributed by atoms with Gasteiger partial charge in [-0.25, -0.2) is 4.79 Å². The van der Waals surface area contributed by atoms with Gasteiger partial charge in [0.15, 0.2) is 0 Å². The number of nitrogens with one attached hydrogen (secondary N) is 3. The van der Waals surface area contributed by atoms with Crippen molar-refractivity contribution in [2.75, 3.05) is 0 Å². The zero-order valence-electron chi connectivity index (χ0n) is 24.4. The second-order valence-corrected chi connectivity index (χ2v) is 10.4. The van der Waals surface area contributed by atoms with Crippen LogP contribution in [0.5, 0.6) is 0 Å². The minimum atomic E-state index is -1.45. The highest BCUT2D eigenvalue weighted by molar-refractivity contribution is 5.93. The highest BCUT2D eigenvalue weighted by atomic mass is 16.5. The summed E-state index contributed by atoms with van der Waals surface area (Å²) >= 11 is 0. The van der Waals surface area contributed by atoms with Gasteiger partial charge in [0.2, 0.25) is 17.7 Å². The summed E-state index contributed by atoms with van der Waals surface area (Å²) in [6.07, 6.45) is -1.05. The van der Waals surface area contributed by atoms with Crippen LogP contribution in [-0.2, 0) is 44.9 Å². The number of hydrogen-bond donors (Lipinski definition) is 6. The van der Waals surface area contributed by atoms with Crippen LogP contribution in [0.25, 0.3) is 0 Å². The molecule has 0 aliphatic heterocycles. The van der Waals surface area contributed by atoms with Crippen molar-refractivity contribution in [3.05, 3.63) is 35.9 Å². The number of hydrogen-bond acceptors (Lipinski definition) is 8. The van der Waals surface area contributed by atoms with Crippen LogP contribution in [0, 0.1) is 5.92 Å². The summed E-state index contributed by atoms with van der Waals surface area (Å²) in [6, 6.07) is 5.00. The number of carbonyl (C=O) groups excluding carboxylic acids is 4. The highest BCUT2D eigenvalue weighted by Crippen LogP contribution is 2.09. The van der Waals surface area contributed by atoms with E-state index in [-0.39, 0.29) is 51.0 Å². The first kappa shape index (κ1) is 36.5. The standard InChI is InChI=1S/C29H41N3O11/c1-18(2)16-22(29(41)42)32-28(40)21(13-15-25(36)37)31-27(39)20(12-14-24(34)35)30-23(33)10-6-7-11-26(38)43-17-19-8-4-3-5-9-19/h3-5,8-9,18,20-22H,6-7,10-17H2,1-2H3,(H,30,33)(H,31,39)(H,32,40)(H,34,35)(H,36,37)(H,41,42). The summed E-state index contributed by atoms with van der Waals surface area (Å²) in [6.45, 7) is 3.62. The first-order valence-electron chi connectivity index (χ1n) is 14.0. The van der Waals surface area contributed by atoms with Crippen molar-refractivity contribution in [3.63, 3.8) is 0 Å². The summed E-state index contributed by atoms with van der Waals surface area (Å²) in [5.41, 5.74) is 0.834. The fourth-order valence-electron chi connectivity index (χ4n) is 3.94. The number of carbonyl (C=O) groups is 7. The number of carboxylic acid groups (broad SMARTS) is 3. The third-order valence-electron chi connectivity index (χ3n) is 6.18. The maximum absolute atomic E-state index is 13.0. The zero-order chi connectivity index (χ0) is 32.4. The van der Waals surface area contributed by atoms with E-state index in [9.17, 15) is 38.7 Å². The highest BCUT2D eigenvalue weighted by Gasteiger charge is 2.30. The van der Waals surface area contributed by atoms with Gasteiger partial charge in [-0.1, -0.05) is 44.2 Å². The van der Waals surface area contributed by atoms with E-state index < -0.39 is 72.6 Å². The van der Waals surface area contributed by atoms with Crippen LogP contribution < -0.4 is 16.0 Å². The van der Waals surface area contributed by atoms with Crippen LogP contribution in [-0.4, -0.2) is 75.0 Å². The summed E-state index contributed by atoms with van der Waals surface area (Å²) in [5.74, 6) is -6.79. The lowest BCUT2D eigenvalue weighted by Gasteiger charge is -2.24. The molecule has 1 aromatic rings. The Hall–Kier alpha value is -4.49. The van der Waals surface area contributed by atoms with E-state index in [1.54, 1.807) is 13.8 Å². The molecule has 0 heterocycles. The Labute approximate surface area is 249 Å². The Kier molecular flexibility index (Phi) is 16.7. The van der Waals surface area contributed by atoms with E-state index in [0.717, 1.165) is 5.56 Å². The molecule has 0 saturated carbocycles. The van der Waals surface area contributed by atoms with Crippen LogP contribution in [0.3, 0.4) is 0 Å². The van der Waals surface area contributed by atoms with Crippen molar-refractivity contribution in [1.82, 2.24) is 16.0 Å². The molecule has 0 fully saturated rings. The monoisotopic (exact) mass is 607 g/mol. The Morgan fingerprint density at radius 2 is 1.21 bits per heavy atom. The Bertz CT molecular complexity index is 1110. The van der Waals surface area contributed by atoms with Crippen molar-refractivity contribution >= 4 is 41.6 Å². The summed E-state index contributed by atoms with van der Waals surface area (Å²) in [5, 5.41) is 34.7. The fourth-order valence-corrected chi connectivity index (χ4v) is 3.94. The van der Waals surface area contributed by atoms with Crippen LogP contribution in [0.1, 0.15) is 77.2 Å². The quantitative estimate of drug-likeness (QED) is 0.0869. The molecule has 14 nitrogen and oxygen atoms in total. The molecule has 43 heavy (non-hydrogen) atoms. The number of carboxylic acids is 3. The molecule has 0 aromatic heterocycles. The number of esters is 1. The first-order valence-corrected chi connectivity index (χ1v) is 14.0. The average molecular weight is 608 g/mol. The molecule has 238 valence electrons. The topological polar surface area (TPSA) is 225 Å². The molecular weight excluding hydrogens is 566 g/mol. The maximum Gasteiger partial charge on any atom is 0.326 e. The van der Waals surface area contributed by atoms with Crippen LogP contribution >= 0.6 is 0 Å². The van der Waals surface area contributed by atoms with Gasteiger partial charge in [0.1, 0.15) is 24.7 Å². The lowest BCUT2D eigenvalue weighted by Crippen LogP contribution is -2.56. The summed E-state index contributed by atoms with van der Waals surface area (Å²) in [7, 11) is 0. The molecule has 14 heteroatoms. The third kappa shape index (κ3) is 16.5. The number of ether oxygens (including phenoxy) is 1. The normalized spacial score (nSPS) is 12.8. The Morgan fingerprint density at radius 1 is 0.698 bits per heavy atom. The van der Waals surface area contributed by atoms with E-state index in [1.807, 2.05) is 30.3 Å². The number of benzene rings is 1. The van der Waals surface area contributed by atoms with Gasteiger partial charge in [-0.2, -0.15) is 0 Å². The van der Waals surface area contributed by atoms with Crippen molar-refractivity contribution in [1.29, 1.82) is 0 Å². The lowest BCUT2D eigenvalue weighted by molar-refractivity contribution is -0.145. The molecule has 1 rings (SSSR count). The largest absolute Gasteiger partial charge is 0.481 e. The van der Waals surface area contributed by atoms with E-state index in [2.05, 4.69) is 16.0 Å². The predicted molar refractivity (Wildman–Crippen MR) is 151 cm³/mol. The molecule has 0 aliphatic rings. The molecule has 3 atom stereocenters. The zero-order valence-corrected chi connectivity index (χ0v) is 24.4. The molecule has 0 spiro atoms. The minimum absolute atomic E-state index is 0.0670. The molecule has 0 aliphatic carbocycles. The van der Waals surface area contributed by atoms with Gasteiger partial charge in [-0.15, -0.1) is 0 Å². The molecule has 0 bridgehead atoms. The maximum atomic E-state index is 13.0. The van der Waals surface area contributed by atoms with Crippen LogP contribution in [0.4, 0.5) is 0 Å². The van der Waals surface area contributed by atoms with Crippen molar-refractivity contribution in [2.45, 2.75) is 96.4 Å². The molecule has 1 aromatic carbocycles. The predicted octanol–water partition coefficient (Wildman–Crippen LogP) is 1.60. The molecule has 3 unspecified atom stereocenters. The molecule has 3 amide bonds. The van der Waals surface area contributed by atoms with Gasteiger partial charge >= 0.3 is 23.9 Å². The van der Waals surface area contributed by atoms with Crippen LogP contribution in [0.15, 0.2) is 30.3 Å².